The summed E-state index contributed by atoms with van der Waals surface area (Å²) in [4.78, 5) is 87.3. The number of benzene rings is 2. The fraction of sp³-hybridized carbons (Fsp3) is 0.633. The molecule has 0 radical (unpaired) electrons. The topological polar surface area (TPSA) is 210 Å². The standard InChI is InChI=1S/C60H94N8O11/c1-43(2)21-17-13-15-19-23-53(69)63-36-45-25-27-49(51(33-45)75-11)78-57(73)67-31-29-65(40-47(67)38-61-9)55(71)35-60(7,8)77-42-59(5,6)56(72)66-30-32-68(48(41-66)39-62-10)58(74)79-50-28-26-46(34-52(50)76-12)37-64-54(70)24-20-16-14-18-22-44(3)4/h17-18,21-22,25-28,33-34,43-44,47-48,61-62H,13-16,19-20,23-24,29-32,35-42H2,1-12H3,(H,63,69)(H,64,70)/b21-17+,22-18+. The molecule has 2 heterocycles. The van der Waals surface area contributed by atoms with E-state index >= 15 is 0 Å². The highest BCUT2D eigenvalue weighted by molar-refractivity contribution is 5.83. The molecule has 440 valence electrons. The lowest BCUT2D eigenvalue weighted by Gasteiger charge is -2.43. The summed E-state index contributed by atoms with van der Waals surface area (Å²) in [5, 5.41) is 12.2. The number of piperazine rings is 2. The number of methoxy groups -OCH3 is 2. The average molecular weight is 1100 g/mol. The normalized spacial score (nSPS) is 16.2. The highest BCUT2D eigenvalue weighted by atomic mass is 16.6. The quantitative estimate of drug-likeness (QED) is 0.0435. The van der Waals surface area contributed by atoms with Crippen LogP contribution in [0.5, 0.6) is 23.0 Å². The summed E-state index contributed by atoms with van der Waals surface area (Å²) < 4.78 is 29.3. The lowest BCUT2D eigenvalue weighted by molar-refractivity contribution is -0.153. The van der Waals surface area contributed by atoms with Crippen molar-refractivity contribution in [1.82, 2.24) is 40.9 Å². The molecule has 0 aromatic heterocycles. The molecular formula is C60H94N8O11. The van der Waals surface area contributed by atoms with Crippen LogP contribution in [0.2, 0.25) is 0 Å². The van der Waals surface area contributed by atoms with E-state index in [1.54, 1.807) is 70.1 Å². The zero-order chi connectivity index (χ0) is 58.1. The van der Waals surface area contributed by atoms with Crippen LogP contribution >= 0.6 is 0 Å². The van der Waals surface area contributed by atoms with Gasteiger partial charge in [0.2, 0.25) is 23.6 Å². The summed E-state index contributed by atoms with van der Waals surface area (Å²) >= 11 is 0. The number of hydrogen-bond acceptors (Lipinski definition) is 13. The predicted molar refractivity (Wildman–Crippen MR) is 307 cm³/mol. The van der Waals surface area contributed by atoms with Gasteiger partial charge < -0.3 is 64.6 Å². The Morgan fingerprint density at radius 3 is 1.49 bits per heavy atom. The molecule has 79 heavy (non-hydrogen) atoms. The third-order valence-electron chi connectivity index (χ3n) is 13.9. The molecule has 2 aliphatic heterocycles. The van der Waals surface area contributed by atoms with E-state index in [2.05, 4.69) is 73.3 Å². The van der Waals surface area contributed by atoms with Gasteiger partial charge in [-0.05, 0) is 128 Å². The van der Waals surface area contributed by atoms with E-state index < -0.39 is 29.2 Å². The first-order chi connectivity index (χ1) is 37.6. The molecule has 0 bridgehead atoms. The third kappa shape index (κ3) is 22.1. The maximum atomic E-state index is 14.2. The molecule has 0 spiro atoms. The van der Waals surface area contributed by atoms with Gasteiger partial charge in [0.1, 0.15) is 0 Å². The second-order valence-corrected chi connectivity index (χ2v) is 22.6. The van der Waals surface area contributed by atoms with Crippen molar-refractivity contribution in [3.63, 3.8) is 0 Å². The summed E-state index contributed by atoms with van der Waals surface area (Å²) in [6.45, 7) is 18.9. The van der Waals surface area contributed by atoms with Crippen molar-refractivity contribution in [2.75, 3.05) is 87.3 Å². The van der Waals surface area contributed by atoms with Gasteiger partial charge in [-0.15, -0.1) is 0 Å². The number of ether oxygens (including phenoxy) is 5. The number of amides is 6. The summed E-state index contributed by atoms with van der Waals surface area (Å²) in [6, 6.07) is 9.59. The number of unbranched alkanes of at least 4 members (excludes halogenated alkanes) is 4. The van der Waals surface area contributed by atoms with Crippen molar-refractivity contribution < 1.29 is 52.5 Å². The Balaban J connectivity index is 1.25. The molecule has 0 saturated carbocycles. The van der Waals surface area contributed by atoms with Crippen LogP contribution in [0, 0.1) is 17.3 Å². The first-order valence-electron chi connectivity index (χ1n) is 28.3. The SMILES string of the molecule is CNCC1CN(C(=O)CC(C)(C)OCC(C)(C)C(=O)N2CCN(C(=O)Oc3ccc(CNC(=O)CCCC/C=C/C(C)C)cc3OC)C(CNC)C2)CCN1C(=O)Oc1ccc(CNC(=O)CCCC/C=C/C(C)C)cc1OC. The summed E-state index contributed by atoms with van der Waals surface area (Å²) in [5.41, 5.74) is -0.308. The highest BCUT2D eigenvalue weighted by Gasteiger charge is 2.41. The van der Waals surface area contributed by atoms with Crippen molar-refractivity contribution in [1.29, 1.82) is 0 Å². The molecule has 2 aliphatic rings. The Morgan fingerprint density at radius 1 is 0.620 bits per heavy atom. The number of rotatable bonds is 30. The Hall–Kier alpha value is -6.18. The molecule has 0 aliphatic carbocycles. The number of nitrogens with zero attached hydrogens (tertiary/aromatic N) is 4. The van der Waals surface area contributed by atoms with Gasteiger partial charge in [0.15, 0.2) is 23.0 Å². The Kier molecular flexibility index (Phi) is 27.1. The van der Waals surface area contributed by atoms with Crippen LogP contribution in [0.1, 0.15) is 124 Å². The molecule has 2 aromatic rings. The highest BCUT2D eigenvalue weighted by Crippen LogP contribution is 2.32. The smallest absolute Gasteiger partial charge is 0.415 e. The van der Waals surface area contributed by atoms with E-state index in [0.29, 0.717) is 62.4 Å². The molecule has 6 amide bonds. The molecular weight excluding hydrogens is 1010 g/mol. The van der Waals surface area contributed by atoms with Crippen LogP contribution in [0.3, 0.4) is 0 Å². The maximum absolute atomic E-state index is 14.2. The molecule has 19 heteroatoms. The third-order valence-corrected chi connectivity index (χ3v) is 13.9. The van der Waals surface area contributed by atoms with Crippen molar-refractivity contribution in [3.05, 3.63) is 71.8 Å². The lowest BCUT2D eigenvalue weighted by Crippen LogP contribution is -2.61. The minimum atomic E-state index is -0.972. The number of allylic oxidation sites excluding steroid dienone is 4. The number of hydrogen-bond donors (Lipinski definition) is 4. The molecule has 19 nitrogen and oxygen atoms in total. The van der Waals surface area contributed by atoms with E-state index in [1.807, 2.05) is 27.7 Å². The monoisotopic (exact) mass is 1100 g/mol. The summed E-state index contributed by atoms with van der Waals surface area (Å²) in [7, 11) is 6.56. The maximum Gasteiger partial charge on any atom is 0.415 e. The average Bonchev–Trinajstić information content (AvgIpc) is 3.41. The molecule has 4 N–H and O–H groups in total. The molecule has 2 aromatic carbocycles. The van der Waals surface area contributed by atoms with Crippen molar-refractivity contribution in [2.45, 2.75) is 144 Å². The summed E-state index contributed by atoms with van der Waals surface area (Å²) in [6.07, 6.45) is 13.9. The van der Waals surface area contributed by atoms with Crippen LogP contribution in [0.15, 0.2) is 60.7 Å². The van der Waals surface area contributed by atoms with E-state index in [-0.39, 0.29) is 93.5 Å². The first-order valence-corrected chi connectivity index (χ1v) is 28.3. The summed E-state index contributed by atoms with van der Waals surface area (Å²) in [5.74, 6) is 1.89. The predicted octanol–water partition coefficient (Wildman–Crippen LogP) is 7.86. The van der Waals surface area contributed by atoms with Crippen molar-refractivity contribution >= 4 is 35.8 Å². The lowest BCUT2D eigenvalue weighted by atomic mass is 9.91. The van der Waals surface area contributed by atoms with Gasteiger partial charge in [-0.2, -0.15) is 0 Å². The zero-order valence-electron chi connectivity index (χ0n) is 49.5. The number of carbonyl (C=O) groups is 6. The van der Waals surface area contributed by atoms with Gasteiger partial charge in [-0.1, -0.05) is 64.1 Å². The van der Waals surface area contributed by atoms with Crippen LogP contribution in [-0.2, 0) is 37.0 Å². The first kappa shape index (κ1) is 65.3. The molecule has 2 unspecified atom stereocenters. The van der Waals surface area contributed by atoms with E-state index in [4.69, 9.17) is 23.7 Å². The van der Waals surface area contributed by atoms with Crippen molar-refractivity contribution in [3.8, 4) is 23.0 Å². The minimum absolute atomic E-state index is 0.0262. The number of nitrogens with one attached hydrogen (secondary N) is 4. The molecule has 2 atom stereocenters. The van der Waals surface area contributed by atoms with Crippen LogP contribution in [0.4, 0.5) is 9.59 Å². The Labute approximate surface area is 470 Å². The van der Waals surface area contributed by atoms with Gasteiger partial charge in [-0.3, -0.25) is 19.2 Å². The largest absolute Gasteiger partial charge is 0.493 e. The second-order valence-electron chi connectivity index (χ2n) is 22.6. The van der Waals surface area contributed by atoms with Gasteiger partial charge in [0, 0.05) is 78.3 Å². The van der Waals surface area contributed by atoms with Crippen LogP contribution < -0.4 is 40.2 Å². The number of likely N-dealkylation sites (N-methyl/N-ethyl adjacent to an activating group) is 2. The van der Waals surface area contributed by atoms with Gasteiger partial charge in [0.25, 0.3) is 0 Å². The Bertz CT molecular complexity index is 2350. The van der Waals surface area contributed by atoms with Gasteiger partial charge >= 0.3 is 12.2 Å². The second kappa shape index (κ2) is 32.8. The molecule has 4 rings (SSSR count). The van der Waals surface area contributed by atoms with Gasteiger partial charge in [0.05, 0.1) is 50.3 Å². The minimum Gasteiger partial charge on any atom is -0.493 e. The van der Waals surface area contributed by atoms with Crippen molar-refractivity contribution in [2.24, 2.45) is 17.3 Å². The fourth-order valence-electron chi connectivity index (χ4n) is 9.34. The van der Waals surface area contributed by atoms with E-state index in [0.717, 1.165) is 49.7 Å². The zero-order valence-corrected chi connectivity index (χ0v) is 49.5. The molecule has 2 fully saturated rings. The number of carbonyl (C=O) groups excluding carboxylic acids is 6. The van der Waals surface area contributed by atoms with Gasteiger partial charge in [-0.25, -0.2) is 9.59 Å². The van der Waals surface area contributed by atoms with E-state index in [1.165, 1.54) is 14.2 Å². The Morgan fingerprint density at radius 2 is 1.06 bits per heavy atom. The van der Waals surface area contributed by atoms with Crippen LogP contribution in [0.25, 0.3) is 0 Å². The van der Waals surface area contributed by atoms with E-state index in [9.17, 15) is 28.8 Å². The molecule has 2 saturated heterocycles. The van der Waals surface area contributed by atoms with Crippen LogP contribution in [-0.4, -0.2) is 160 Å². The fourth-order valence-corrected chi connectivity index (χ4v) is 9.34.